The number of pyridine rings is 1. The fraction of sp³-hybridized carbons (Fsp3) is 0.333. The van der Waals surface area contributed by atoms with Crippen LogP contribution in [0.25, 0.3) is 5.65 Å². The first-order valence-corrected chi connectivity index (χ1v) is 5.05. The molecule has 0 aliphatic carbocycles. The highest BCUT2D eigenvalue weighted by Gasteiger charge is 2.25. The maximum atomic E-state index is 5.99. The molecule has 0 saturated carbocycles. The fourth-order valence-corrected chi connectivity index (χ4v) is 1.64. The molecule has 2 aromatic heterocycles. The SMILES string of the molecule is CC(C)(C)c1nc2cccc[n+]2cc1N. The molecule has 15 heavy (non-hydrogen) atoms. The lowest BCUT2D eigenvalue weighted by Crippen LogP contribution is -2.27. The van der Waals surface area contributed by atoms with Crippen molar-refractivity contribution in [3.8, 4) is 0 Å². The number of rotatable bonds is 0. The molecule has 0 unspecified atom stereocenters. The highest BCUT2D eigenvalue weighted by molar-refractivity contribution is 5.46. The third kappa shape index (κ3) is 1.77. The van der Waals surface area contributed by atoms with Gasteiger partial charge in [-0.05, 0) is 11.1 Å². The minimum absolute atomic E-state index is 0.0192. The number of fused-ring (bicyclic) bond motifs is 1. The lowest BCUT2D eigenvalue weighted by molar-refractivity contribution is -0.513. The van der Waals surface area contributed by atoms with Crippen LogP contribution < -0.4 is 10.1 Å². The van der Waals surface area contributed by atoms with Gasteiger partial charge in [0.25, 0.3) is 0 Å². The Morgan fingerprint density at radius 1 is 1.27 bits per heavy atom. The minimum Gasteiger partial charge on any atom is -0.392 e. The number of aromatic nitrogens is 2. The van der Waals surface area contributed by atoms with Crippen LogP contribution in [0, 0.1) is 0 Å². The van der Waals surface area contributed by atoms with Gasteiger partial charge in [0.1, 0.15) is 11.9 Å². The van der Waals surface area contributed by atoms with E-state index in [1.54, 1.807) is 0 Å². The zero-order chi connectivity index (χ0) is 11.1. The summed E-state index contributed by atoms with van der Waals surface area (Å²) in [6.45, 7) is 6.35. The molecule has 0 aliphatic rings. The lowest BCUT2D eigenvalue weighted by Gasteiger charge is -2.14. The summed E-state index contributed by atoms with van der Waals surface area (Å²) in [6.07, 6.45) is 3.87. The highest BCUT2D eigenvalue weighted by Crippen LogP contribution is 2.24. The molecule has 0 amide bonds. The van der Waals surface area contributed by atoms with Crippen LogP contribution >= 0.6 is 0 Å². The molecule has 0 radical (unpaired) electrons. The summed E-state index contributed by atoms with van der Waals surface area (Å²) in [5.41, 5.74) is 8.59. The van der Waals surface area contributed by atoms with Gasteiger partial charge in [0.2, 0.25) is 0 Å². The van der Waals surface area contributed by atoms with Crippen molar-refractivity contribution in [2.24, 2.45) is 0 Å². The third-order valence-corrected chi connectivity index (χ3v) is 2.36. The Labute approximate surface area is 89.6 Å². The first-order valence-electron chi connectivity index (χ1n) is 5.05. The minimum atomic E-state index is -0.0192. The predicted molar refractivity (Wildman–Crippen MR) is 60.5 cm³/mol. The van der Waals surface area contributed by atoms with Gasteiger partial charge in [0.15, 0.2) is 5.69 Å². The van der Waals surface area contributed by atoms with E-state index in [0.29, 0.717) is 0 Å². The van der Waals surface area contributed by atoms with E-state index in [4.69, 9.17) is 5.73 Å². The van der Waals surface area contributed by atoms with Crippen LogP contribution in [0.1, 0.15) is 26.5 Å². The average Bonchev–Trinajstić information content (AvgIpc) is 2.15. The standard InChI is InChI=1S/C12H16N3/c1-12(2,3)11-9(13)8-15-7-5-4-6-10(15)14-11/h4-8H,13H2,1-3H3/q+1. The second-order valence-electron chi connectivity index (χ2n) is 4.76. The number of nitrogens with zero attached hydrogens (tertiary/aromatic N) is 2. The van der Waals surface area contributed by atoms with E-state index in [9.17, 15) is 0 Å². The summed E-state index contributed by atoms with van der Waals surface area (Å²) in [6, 6.07) is 5.92. The molecule has 0 aliphatic heterocycles. The Bertz CT molecular complexity index is 498. The van der Waals surface area contributed by atoms with E-state index in [1.807, 2.05) is 35.0 Å². The molecule has 0 spiro atoms. The van der Waals surface area contributed by atoms with E-state index in [0.717, 1.165) is 17.0 Å². The first-order chi connectivity index (χ1) is 6.98. The Balaban J connectivity index is 2.73. The predicted octanol–water partition coefficient (Wildman–Crippen LogP) is 1.70. The van der Waals surface area contributed by atoms with Crippen molar-refractivity contribution < 1.29 is 4.40 Å². The Morgan fingerprint density at radius 3 is 2.67 bits per heavy atom. The Hall–Kier alpha value is -1.64. The zero-order valence-electron chi connectivity index (χ0n) is 9.36. The van der Waals surface area contributed by atoms with Crippen LogP contribution in [0.5, 0.6) is 0 Å². The van der Waals surface area contributed by atoms with Crippen molar-refractivity contribution in [3.63, 3.8) is 0 Å². The van der Waals surface area contributed by atoms with Gasteiger partial charge >= 0.3 is 5.65 Å². The summed E-state index contributed by atoms with van der Waals surface area (Å²) < 4.78 is 1.94. The van der Waals surface area contributed by atoms with Crippen LogP contribution in [0.3, 0.4) is 0 Å². The largest absolute Gasteiger partial charge is 0.392 e. The molecule has 2 rings (SSSR count). The monoisotopic (exact) mass is 202 g/mol. The quantitative estimate of drug-likeness (QED) is 0.661. The number of nitrogen functional groups attached to an aromatic ring is 1. The molecular formula is C12H16N3+. The molecule has 78 valence electrons. The zero-order valence-corrected chi connectivity index (χ0v) is 9.36. The van der Waals surface area contributed by atoms with Gasteiger partial charge in [0, 0.05) is 11.5 Å². The van der Waals surface area contributed by atoms with Crippen LogP contribution in [-0.4, -0.2) is 4.98 Å². The molecule has 0 fully saturated rings. The molecule has 0 bridgehead atoms. The van der Waals surface area contributed by atoms with Gasteiger partial charge in [-0.15, -0.1) is 0 Å². The maximum Gasteiger partial charge on any atom is 0.328 e. The molecular weight excluding hydrogens is 186 g/mol. The number of anilines is 1. The van der Waals surface area contributed by atoms with Gasteiger partial charge in [-0.3, -0.25) is 0 Å². The molecule has 2 heterocycles. The van der Waals surface area contributed by atoms with E-state index < -0.39 is 0 Å². The normalized spacial score (nSPS) is 11.9. The van der Waals surface area contributed by atoms with Crippen LogP contribution in [0.15, 0.2) is 30.6 Å². The van der Waals surface area contributed by atoms with Gasteiger partial charge in [-0.25, -0.2) is 4.40 Å². The van der Waals surface area contributed by atoms with Gasteiger partial charge in [-0.1, -0.05) is 26.8 Å². The lowest BCUT2D eigenvalue weighted by atomic mass is 9.91. The molecule has 0 atom stereocenters. The van der Waals surface area contributed by atoms with E-state index in [-0.39, 0.29) is 5.41 Å². The van der Waals surface area contributed by atoms with Gasteiger partial charge < -0.3 is 5.73 Å². The van der Waals surface area contributed by atoms with E-state index in [1.165, 1.54) is 0 Å². The van der Waals surface area contributed by atoms with Gasteiger partial charge in [-0.2, -0.15) is 0 Å². The Kier molecular flexibility index (Phi) is 2.11. The summed E-state index contributed by atoms with van der Waals surface area (Å²) in [5.74, 6) is 0. The molecule has 0 aromatic carbocycles. The topological polar surface area (TPSA) is 43.0 Å². The smallest absolute Gasteiger partial charge is 0.328 e. The van der Waals surface area contributed by atoms with E-state index in [2.05, 4.69) is 25.8 Å². The molecule has 3 nitrogen and oxygen atoms in total. The Morgan fingerprint density at radius 2 is 2.00 bits per heavy atom. The molecule has 3 heteroatoms. The van der Waals surface area contributed by atoms with Crippen LogP contribution in [0.4, 0.5) is 5.69 Å². The number of hydrogen-bond acceptors (Lipinski definition) is 2. The summed E-state index contributed by atoms with van der Waals surface area (Å²) >= 11 is 0. The van der Waals surface area contributed by atoms with Crippen molar-refractivity contribution in [1.29, 1.82) is 0 Å². The molecule has 0 saturated heterocycles. The average molecular weight is 202 g/mol. The third-order valence-electron chi connectivity index (χ3n) is 2.36. The van der Waals surface area contributed by atoms with Crippen molar-refractivity contribution in [2.75, 3.05) is 5.73 Å². The number of nitrogens with two attached hydrogens (primary N) is 1. The van der Waals surface area contributed by atoms with Crippen molar-refractivity contribution in [3.05, 3.63) is 36.3 Å². The molecule has 2 aromatic rings. The summed E-state index contributed by atoms with van der Waals surface area (Å²) in [4.78, 5) is 4.58. The number of hydrogen-bond donors (Lipinski definition) is 1. The maximum absolute atomic E-state index is 5.99. The molecule has 2 N–H and O–H groups in total. The second-order valence-corrected chi connectivity index (χ2v) is 4.76. The summed E-state index contributed by atoms with van der Waals surface area (Å²) in [7, 11) is 0. The first kappa shape index (κ1) is 9.90. The second kappa shape index (κ2) is 3.19. The van der Waals surface area contributed by atoms with E-state index >= 15 is 0 Å². The van der Waals surface area contributed by atoms with Crippen molar-refractivity contribution in [2.45, 2.75) is 26.2 Å². The van der Waals surface area contributed by atoms with Crippen LogP contribution in [0.2, 0.25) is 0 Å². The van der Waals surface area contributed by atoms with Crippen LogP contribution in [-0.2, 0) is 5.41 Å². The summed E-state index contributed by atoms with van der Waals surface area (Å²) in [5, 5.41) is 0. The van der Waals surface area contributed by atoms with Crippen molar-refractivity contribution >= 4 is 11.3 Å². The highest BCUT2D eigenvalue weighted by atomic mass is 15.0. The fourth-order valence-electron chi connectivity index (χ4n) is 1.64. The van der Waals surface area contributed by atoms with Gasteiger partial charge in [0.05, 0.1) is 6.20 Å². The van der Waals surface area contributed by atoms with Crippen molar-refractivity contribution in [1.82, 2.24) is 4.98 Å².